The number of nitrogens with one attached hydrogen (secondary N) is 1. The number of rotatable bonds is 3. The first-order valence-electron chi connectivity index (χ1n) is 7.93. The van der Waals surface area contributed by atoms with Crippen LogP contribution in [0.3, 0.4) is 0 Å². The molecule has 6 nitrogen and oxygen atoms in total. The van der Waals surface area contributed by atoms with Crippen LogP contribution in [0, 0.1) is 6.92 Å². The van der Waals surface area contributed by atoms with E-state index in [1.54, 1.807) is 6.92 Å². The molecule has 22 heavy (non-hydrogen) atoms. The van der Waals surface area contributed by atoms with Crippen molar-refractivity contribution in [2.45, 2.75) is 46.2 Å². The second kappa shape index (κ2) is 5.94. The maximum absolute atomic E-state index is 11.4. The van der Waals surface area contributed by atoms with Gasteiger partial charge in [0, 0.05) is 38.8 Å². The van der Waals surface area contributed by atoms with E-state index in [-0.39, 0.29) is 5.91 Å². The molecule has 0 unspecified atom stereocenters. The molecule has 0 aromatic carbocycles. The van der Waals surface area contributed by atoms with Crippen molar-refractivity contribution in [1.82, 2.24) is 19.7 Å². The molecular formula is C16H23N5O. The van der Waals surface area contributed by atoms with Crippen molar-refractivity contribution in [2.75, 3.05) is 18.4 Å². The van der Waals surface area contributed by atoms with Gasteiger partial charge in [-0.3, -0.25) is 4.79 Å². The highest BCUT2D eigenvalue weighted by Gasteiger charge is 2.22. The number of piperidine rings is 1. The third kappa shape index (κ3) is 2.65. The third-order valence-corrected chi connectivity index (χ3v) is 4.44. The van der Waals surface area contributed by atoms with Gasteiger partial charge >= 0.3 is 0 Å². The van der Waals surface area contributed by atoms with E-state index in [2.05, 4.69) is 29.2 Å². The zero-order chi connectivity index (χ0) is 15.7. The largest absolute Gasteiger partial charge is 0.381 e. The molecule has 1 amide bonds. The standard InChI is InChI=1S/C16H23N5O/c1-4-21-16-14(10-18-21)15(11(2)9-17-16)19-13-5-7-20(8-6-13)12(3)22/h9-10,13H,4-8H2,1-3H3,(H,17,19). The van der Waals surface area contributed by atoms with Crippen LogP contribution in [0.2, 0.25) is 0 Å². The summed E-state index contributed by atoms with van der Waals surface area (Å²) in [5.74, 6) is 0.171. The molecule has 1 N–H and O–H groups in total. The Morgan fingerprint density at radius 3 is 2.73 bits per heavy atom. The topological polar surface area (TPSA) is 63.1 Å². The number of hydrogen-bond donors (Lipinski definition) is 1. The lowest BCUT2D eigenvalue weighted by Crippen LogP contribution is -2.41. The summed E-state index contributed by atoms with van der Waals surface area (Å²) < 4.78 is 1.91. The van der Waals surface area contributed by atoms with Crippen molar-refractivity contribution in [3.8, 4) is 0 Å². The molecule has 1 fully saturated rings. The smallest absolute Gasteiger partial charge is 0.219 e. The average Bonchev–Trinajstić information content (AvgIpc) is 2.94. The van der Waals surface area contributed by atoms with Gasteiger partial charge in [0.25, 0.3) is 0 Å². The first-order chi connectivity index (χ1) is 10.6. The van der Waals surface area contributed by atoms with Gasteiger partial charge in [0.2, 0.25) is 5.91 Å². The monoisotopic (exact) mass is 301 g/mol. The highest BCUT2D eigenvalue weighted by Crippen LogP contribution is 2.27. The van der Waals surface area contributed by atoms with E-state index in [4.69, 9.17) is 0 Å². The van der Waals surface area contributed by atoms with Crippen LogP contribution < -0.4 is 5.32 Å². The first-order valence-corrected chi connectivity index (χ1v) is 7.93. The molecule has 1 aliphatic rings. The number of pyridine rings is 1. The normalized spacial score (nSPS) is 16.2. The highest BCUT2D eigenvalue weighted by molar-refractivity contribution is 5.90. The zero-order valence-corrected chi connectivity index (χ0v) is 13.5. The number of aromatic nitrogens is 3. The van der Waals surface area contributed by atoms with E-state index in [0.717, 1.165) is 54.8 Å². The summed E-state index contributed by atoms with van der Waals surface area (Å²) in [6.07, 6.45) is 5.75. The molecule has 118 valence electrons. The summed E-state index contributed by atoms with van der Waals surface area (Å²) in [4.78, 5) is 17.8. The molecule has 0 aliphatic carbocycles. The van der Waals surface area contributed by atoms with Gasteiger partial charge in [-0.2, -0.15) is 5.10 Å². The van der Waals surface area contributed by atoms with Crippen molar-refractivity contribution in [1.29, 1.82) is 0 Å². The molecule has 0 spiro atoms. The number of anilines is 1. The Morgan fingerprint density at radius 1 is 1.36 bits per heavy atom. The lowest BCUT2D eigenvalue weighted by atomic mass is 10.0. The Morgan fingerprint density at radius 2 is 2.09 bits per heavy atom. The maximum atomic E-state index is 11.4. The van der Waals surface area contributed by atoms with Crippen LogP contribution in [0.15, 0.2) is 12.4 Å². The molecule has 0 radical (unpaired) electrons. The van der Waals surface area contributed by atoms with Gasteiger partial charge in [-0.05, 0) is 32.3 Å². The molecule has 0 bridgehead atoms. The molecule has 2 aromatic rings. The SMILES string of the molecule is CCn1ncc2c(NC3CCN(C(C)=O)CC3)c(C)cnc21. The Hall–Kier alpha value is -2.11. The maximum Gasteiger partial charge on any atom is 0.219 e. The van der Waals surface area contributed by atoms with Gasteiger partial charge in [-0.25, -0.2) is 9.67 Å². The third-order valence-electron chi connectivity index (χ3n) is 4.44. The van der Waals surface area contributed by atoms with Crippen molar-refractivity contribution >= 4 is 22.6 Å². The summed E-state index contributed by atoms with van der Waals surface area (Å²) in [7, 11) is 0. The van der Waals surface area contributed by atoms with Crippen LogP contribution in [0.5, 0.6) is 0 Å². The Balaban J connectivity index is 1.81. The van der Waals surface area contributed by atoms with Gasteiger partial charge in [0.15, 0.2) is 5.65 Å². The van der Waals surface area contributed by atoms with E-state index < -0.39 is 0 Å². The predicted molar refractivity (Wildman–Crippen MR) is 86.8 cm³/mol. The summed E-state index contributed by atoms with van der Waals surface area (Å²) in [5, 5.41) is 9.14. The van der Waals surface area contributed by atoms with Crippen LogP contribution in [0.4, 0.5) is 5.69 Å². The van der Waals surface area contributed by atoms with E-state index in [9.17, 15) is 4.79 Å². The van der Waals surface area contributed by atoms with Crippen molar-refractivity contribution < 1.29 is 4.79 Å². The summed E-state index contributed by atoms with van der Waals surface area (Å²) in [6.45, 7) is 8.25. The van der Waals surface area contributed by atoms with Crippen LogP contribution in [0.1, 0.15) is 32.3 Å². The number of carbonyl (C=O) groups excluding carboxylic acids is 1. The molecular weight excluding hydrogens is 278 g/mol. The van der Waals surface area contributed by atoms with E-state index >= 15 is 0 Å². The molecule has 0 atom stereocenters. The second-order valence-corrected chi connectivity index (χ2v) is 5.94. The fourth-order valence-corrected chi connectivity index (χ4v) is 3.09. The molecule has 1 aliphatic heterocycles. The van der Waals surface area contributed by atoms with Crippen molar-refractivity contribution in [3.05, 3.63) is 18.0 Å². The van der Waals surface area contributed by atoms with Gasteiger partial charge < -0.3 is 10.2 Å². The Bertz CT molecular complexity index is 685. The van der Waals surface area contributed by atoms with Crippen LogP contribution in [0.25, 0.3) is 11.0 Å². The Labute approximate surface area is 130 Å². The number of hydrogen-bond acceptors (Lipinski definition) is 4. The zero-order valence-electron chi connectivity index (χ0n) is 13.5. The highest BCUT2D eigenvalue weighted by atomic mass is 16.2. The van der Waals surface area contributed by atoms with Crippen molar-refractivity contribution in [2.24, 2.45) is 0 Å². The fourth-order valence-electron chi connectivity index (χ4n) is 3.09. The van der Waals surface area contributed by atoms with E-state index in [0.29, 0.717) is 6.04 Å². The van der Waals surface area contributed by atoms with Crippen LogP contribution in [-0.2, 0) is 11.3 Å². The van der Waals surface area contributed by atoms with Gasteiger partial charge in [-0.1, -0.05) is 0 Å². The average molecular weight is 301 g/mol. The molecule has 3 rings (SSSR count). The fraction of sp³-hybridized carbons (Fsp3) is 0.562. The minimum absolute atomic E-state index is 0.171. The number of amides is 1. The van der Waals surface area contributed by atoms with Crippen LogP contribution in [-0.4, -0.2) is 44.7 Å². The van der Waals surface area contributed by atoms with Crippen LogP contribution >= 0.6 is 0 Å². The number of carbonyl (C=O) groups is 1. The number of nitrogens with zero attached hydrogens (tertiary/aromatic N) is 4. The van der Waals surface area contributed by atoms with Crippen molar-refractivity contribution in [3.63, 3.8) is 0 Å². The first kappa shape index (κ1) is 14.8. The minimum Gasteiger partial charge on any atom is -0.381 e. The Kier molecular flexibility index (Phi) is 4.00. The lowest BCUT2D eigenvalue weighted by Gasteiger charge is -2.32. The summed E-state index contributed by atoms with van der Waals surface area (Å²) in [5.41, 5.74) is 3.19. The number of aryl methyl sites for hydroxylation is 2. The lowest BCUT2D eigenvalue weighted by molar-refractivity contribution is -0.129. The van der Waals surface area contributed by atoms with Gasteiger partial charge in [-0.15, -0.1) is 0 Å². The molecule has 2 aromatic heterocycles. The minimum atomic E-state index is 0.171. The molecule has 6 heteroatoms. The summed E-state index contributed by atoms with van der Waals surface area (Å²) in [6, 6.07) is 0.393. The summed E-state index contributed by atoms with van der Waals surface area (Å²) >= 11 is 0. The predicted octanol–water partition coefficient (Wildman–Crippen LogP) is 2.18. The molecule has 3 heterocycles. The number of fused-ring (bicyclic) bond motifs is 1. The van der Waals surface area contributed by atoms with E-state index in [1.165, 1.54) is 0 Å². The quantitative estimate of drug-likeness (QED) is 0.944. The van der Waals surface area contributed by atoms with Gasteiger partial charge in [0.1, 0.15) is 0 Å². The number of likely N-dealkylation sites (tertiary alicyclic amines) is 1. The second-order valence-electron chi connectivity index (χ2n) is 5.94. The van der Waals surface area contributed by atoms with E-state index in [1.807, 2.05) is 22.0 Å². The molecule has 1 saturated heterocycles. The van der Waals surface area contributed by atoms with Gasteiger partial charge in [0.05, 0.1) is 17.3 Å². The molecule has 0 saturated carbocycles.